The Hall–Kier alpha value is -1.51. The molecule has 0 saturated heterocycles. The van der Waals surface area contributed by atoms with Crippen molar-refractivity contribution in [3.8, 4) is 0 Å². The molecule has 0 unspecified atom stereocenters. The van der Waals surface area contributed by atoms with Crippen LogP contribution < -0.4 is 5.69 Å². The highest BCUT2D eigenvalue weighted by Gasteiger charge is 2.12. The van der Waals surface area contributed by atoms with Gasteiger partial charge in [-0.2, -0.15) is 0 Å². The number of para-hydroxylation sites is 2. The van der Waals surface area contributed by atoms with E-state index in [1.165, 1.54) is 12.8 Å². The van der Waals surface area contributed by atoms with E-state index in [0.29, 0.717) is 11.8 Å². The predicted molar refractivity (Wildman–Crippen MR) is 94.3 cm³/mol. The molecule has 2 rings (SSSR count). The van der Waals surface area contributed by atoms with Crippen molar-refractivity contribution in [2.45, 2.75) is 66.5 Å². The Bertz CT molecular complexity index is 595. The quantitative estimate of drug-likeness (QED) is 0.696. The molecular weight excluding hydrogens is 272 g/mol. The van der Waals surface area contributed by atoms with Crippen LogP contribution in [-0.4, -0.2) is 9.13 Å². The van der Waals surface area contributed by atoms with Crippen molar-refractivity contribution in [2.24, 2.45) is 11.8 Å². The highest BCUT2D eigenvalue weighted by atomic mass is 16.1. The zero-order valence-electron chi connectivity index (χ0n) is 14.5. The summed E-state index contributed by atoms with van der Waals surface area (Å²) in [6.07, 6.45) is 4.47. The highest BCUT2D eigenvalue weighted by Crippen LogP contribution is 2.16. The van der Waals surface area contributed by atoms with Crippen LogP contribution in [-0.2, 0) is 13.1 Å². The van der Waals surface area contributed by atoms with Crippen LogP contribution in [0.15, 0.2) is 29.1 Å². The molecule has 0 aliphatic heterocycles. The second kappa shape index (κ2) is 7.66. The first-order valence-corrected chi connectivity index (χ1v) is 8.68. The summed E-state index contributed by atoms with van der Waals surface area (Å²) in [5.74, 6) is 1.38. The van der Waals surface area contributed by atoms with Gasteiger partial charge in [0, 0.05) is 13.1 Å². The maximum Gasteiger partial charge on any atom is 0.329 e. The Labute approximate surface area is 134 Å². The number of hydrogen-bond donors (Lipinski definition) is 0. The van der Waals surface area contributed by atoms with Crippen LogP contribution in [0.25, 0.3) is 11.0 Å². The molecule has 0 atom stereocenters. The molecule has 1 aromatic carbocycles. The zero-order chi connectivity index (χ0) is 16.1. The third-order valence-corrected chi connectivity index (χ3v) is 4.25. The number of rotatable bonds is 8. The second-order valence-corrected chi connectivity index (χ2v) is 7.15. The topological polar surface area (TPSA) is 26.9 Å². The van der Waals surface area contributed by atoms with Crippen molar-refractivity contribution in [1.29, 1.82) is 0 Å². The van der Waals surface area contributed by atoms with Gasteiger partial charge in [0.15, 0.2) is 0 Å². The molecule has 0 aliphatic carbocycles. The summed E-state index contributed by atoms with van der Waals surface area (Å²) in [6.45, 7) is 10.6. The molecule has 0 N–H and O–H groups in total. The average molecular weight is 302 g/mol. The van der Waals surface area contributed by atoms with E-state index in [0.717, 1.165) is 37.0 Å². The summed E-state index contributed by atoms with van der Waals surface area (Å²) in [6, 6.07) is 8.20. The first-order chi connectivity index (χ1) is 10.5. The number of benzene rings is 1. The van der Waals surface area contributed by atoms with Gasteiger partial charge >= 0.3 is 5.69 Å². The number of aromatic nitrogens is 2. The summed E-state index contributed by atoms with van der Waals surface area (Å²) in [4.78, 5) is 12.8. The van der Waals surface area contributed by atoms with Crippen molar-refractivity contribution in [3.05, 3.63) is 34.7 Å². The molecule has 3 nitrogen and oxygen atoms in total. The predicted octanol–water partition coefficient (Wildman–Crippen LogP) is 4.68. The van der Waals surface area contributed by atoms with Gasteiger partial charge in [0.1, 0.15) is 0 Å². The molecule has 0 amide bonds. The lowest BCUT2D eigenvalue weighted by atomic mass is 10.1. The minimum atomic E-state index is 0.161. The Morgan fingerprint density at radius 1 is 0.818 bits per heavy atom. The van der Waals surface area contributed by atoms with Gasteiger partial charge in [-0.1, -0.05) is 39.8 Å². The number of fused-ring (bicyclic) bond motifs is 1. The molecule has 0 saturated carbocycles. The fourth-order valence-electron chi connectivity index (χ4n) is 3.02. The van der Waals surface area contributed by atoms with Gasteiger partial charge in [-0.15, -0.1) is 0 Å². The van der Waals surface area contributed by atoms with Crippen LogP contribution in [0.4, 0.5) is 0 Å². The highest BCUT2D eigenvalue weighted by molar-refractivity contribution is 5.75. The van der Waals surface area contributed by atoms with Crippen molar-refractivity contribution in [3.63, 3.8) is 0 Å². The SMILES string of the molecule is CC(C)CCCn1c(=O)n(CCCC(C)C)c2ccccc21. The number of imidazole rings is 1. The molecule has 122 valence electrons. The molecule has 1 heterocycles. The van der Waals surface area contributed by atoms with Gasteiger partial charge in [-0.3, -0.25) is 9.13 Å². The van der Waals surface area contributed by atoms with Crippen LogP contribution in [0.3, 0.4) is 0 Å². The molecule has 0 spiro atoms. The van der Waals surface area contributed by atoms with E-state index in [1.807, 2.05) is 21.3 Å². The minimum absolute atomic E-state index is 0.161. The fraction of sp³-hybridized carbons (Fsp3) is 0.632. The molecule has 0 bridgehead atoms. The smallest absolute Gasteiger partial charge is 0.292 e. The largest absolute Gasteiger partial charge is 0.329 e. The summed E-state index contributed by atoms with van der Waals surface area (Å²) < 4.78 is 3.93. The lowest BCUT2D eigenvalue weighted by Gasteiger charge is -2.06. The van der Waals surface area contributed by atoms with Gasteiger partial charge in [-0.05, 0) is 49.7 Å². The number of nitrogens with zero attached hydrogens (tertiary/aromatic N) is 2. The van der Waals surface area contributed by atoms with E-state index in [2.05, 4.69) is 39.8 Å². The minimum Gasteiger partial charge on any atom is -0.292 e. The van der Waals surface area contributed by atoms with Gasteiger partial charge < -0.3 is 0 Å². The van der Waals surface area contributed by atoms with E-state index < -0.39 is 0 Å². The van der Waals surface area contributed by atoms with Crippen LogP contribution in [0, 0.1) is 11.8 Å². The molecule has 1 aromatic heterocycles. The molecule has 2 aromatic rings. The third-order valence-electron chi connectivity index (χ3n) is 4.25. The molecule has 0 radical (unpaired) electrons. The standard InChI is InChI=1S/C19H30N2O/c1-15(2)9-7-13-20-17-11-5-6-12-18(17)21(19(20)22)14-8-10-16(3)4/h5-6,11-12,15-16H,7-10,13-14H2,1-4H3. The van der Waals surface area contributed by atoms with Crippen molar-refractivity contribution in [1.82, 2.24) is 9.13 Å². The van der Waals surface area contributed by atoms with Crippen molar-refractivity contribution >= 4 is 11.0 Å². The lowest BCUT2D eigenvalue weighted by Crippen LogP contribution is -2.24. The Morgan fingerprint density at radius 2 is 1.23 bits per heavy atom. The maximum atomic E-state index is 12.8. The first kappa shape index (κ1) is 16.9. The molecule has 3 heteroatoms. The van der Waals surface area contributed by atoms with E-state index in [1.54, 1.807) is 0 Å². The Kier molecular flexibility index (Phi) is 5.87. The number of hydrogen-bond acceptors (Lipinski definition) is 1. The van der Waals surface area contributed by atoms with Crippen LogP contribution >= 0.6 is 0 Å². The first-order valence-electron chi connectivity index (χ1n) is 8.68. The van der Waals surface area contributed by atoms with Crippen molar-refractivity contribution in [2.75, 3.05) is 0 Å². The normalized spacial score (nSPS) is 11.9. The van der Waals surface area contributed by atoms with Crippen LogP contribution in [0.2, 0.25) is 0 Å². The molecule has 22 heavy (non-hydrogen) atoms. The summed E-state index contributed by atoms with van der Waals surface area (Å²) in [5.41, 5.74) is 2.33. The van der Waals surface area contributed by atoms with E-state index in [4.69, 9.17) is 0 Å². The Balaban J connectivity index is 2.24. The number of aryl methyl sites for hydroxylation is 2. The summed E-state index contributed by atoms with van der Waals surface area (Å²) >= 11 is 0. The zero-order valence-corrected chi connectivity index (χ0v) is 14.5. The fourth-order valence-corrected chi connectivity index (χ4v) is 3.02. The Morgan fingerprint density at radius 3 is 1.59 bits per heavy atom. The lowest BCUT2D eigenvalue weighted by molar-refractivity contribution is 0.489. The second-order valence-electron chi connectivity index (χ2n) is 7.15. The monoisotopic (exact) mass is 302 g/mol. The summed E-state index contributed by atoms with van der Waals surface area (Å²) in [7, 11) is 0. The average Bonchev–Trinajstić information content (AvgIpc) is 2.72. The van der Waals surface area contributed by atoms with Gasteiger partial charge in [0.05, 0.1) is 11.0 Å². The van der Waals surface area contributed by atoms with Gasteiger partial charge in [0.2, 0.25) is 0 Å². The van der Waals surface area contributed by atoms with E-state index in [9.17, 15) is 4.79 Å². The van der Waals surface area contributed by atoms with Crippen molar-refractivity contribution < 1.29 is 0 Å². The van der Waals surface area contributed by atoms with Gasteiger partial charge in [0.25, 0.3) is 0 Å². The molecule has 0 fully saturated rings. The maximum absolute atomic E-state index is 12.8. The molecule has 0 aliphatic rings. The van der Waals surface area contributed by atoms with Crippen LogP contribution in [0.5, 0.6) is 0 Å². The third kappa shape index (κ3) is 4.02. The van der Waals surface area contributed by atoms with Gasteiger partial charge in [-0.25, -0.2) is 4.79 Å². The van der Waals surface area contributed by atoms with E-state index >= 15 is 0 Å². The summed E-state index contributed by atoms with van der Waals surface area (Å²) in [5, 5.41) is 0. The van der Waals surface area contributed by atoms with Crippen LogP contribution in [0.1, 0.15) is 53.4 Å². The van der Waals surface area contributed by atoms with E-state index in [-0.39, 0.29) is 5.69 Å². The molecular formula is C19H30N2O.